The summed E-state index contributed by atoms with van der Waals surface area (Å²) in [5.74, 6) is 6.48. The molecule has 6 rings (SSSR count). The van der Waals surface area contributed by atoms with Crippen LogP contribution in [0.2, 0.25) is 0 Å². The van der Waals surface area contributed by atoms with Gasteiger partial charge in [0, 0.05) is 61.7 Å². The van der Waals surface area contributed by atoms with Gasteiger partial charge in [0.1, 0.15) is 23.5 Å². The van der Waals surface area contributed by atoms with Crippen LogP contribution in [0, 0.1) is 12.7 Å². The van der Waals surface area contributed by atoms with Gasteiger partial charge in [-0.05, 0) is 63.9 Å². The number of halogens is 1. The lowest BCUT2D eigenvalue weighted by Gasteiger charge is -2.38. The van der Waals surface area contributed by atoms with E-state index < -0.39 is 5.82 Å². The molecule has 1 unspecified atom stereocenters. The smallest absolute Gasteiger partial charge is 0.246 e. The first-order chi connectivity index (χ1) is 22.2. The number of pyridine rings is 1. The van der Waals surface area contributed by atoms with E-state index in [9.17, 15) is 4.79 Å². The van der Waals surface area contributed by atoms with E-state index in [2.05, 4.69) is 11.9 Å². The van der Waals surface area contributed by atoms with E-state index >= 15 is 4.39 Å². The molecule has 0 saturated carbocycles. The number of hydrazine groups is 1. The molecular formula is C34H43FN8O3. The Morgan fingerprint density at radius 1 is 1.15 bits per heavy atom. The van der Waals surface area contributed by atoms with Gasteiger partial charge >= 0.3 is 0 Å². The second-order valence-electron chi connectivity index (χ2n) is 12.4. The standard InChI is InChI=1S/C34H43FN8O3/c1-21-19-25-32(29(35)28(21)31-24-10-5-6-11-26(24)41(3)39-31)38-34(46-20-23-9-7-15-40(23)2)30(36)33(25)43(37)22-13-16-42(17-14-22)27(44)12-8-18-45-4/h5-6,8,10-12,19,22-23H,7,9,13-18,20,36-37H2,1-4H3/b12-8+. The highest BCUT2D eigenvalue weighted by Gasteiger charge is 2.31. The van der Waals surface area contributed by atoms with Gasteiger partial charge < -0.3 is 30.0 Å². The number of hydrogen-bond donors (Lipinski definition) is 2. The Balaban J connectivity index is 1.40. The van der Waals surface area contributed by atoms with Gasteiger partial charge in [-0.1, -0.05) is 24.3 Å². The molecule has 0 bridgehead atoms. The van der Waals surface area contributed by atoms with Gasteiger partial charge in [-0.15, -0.1) is 0 Å². The normalized spacial score (nSPS) is 18.0. The van der Waals surface area contributed by atoms with E-state index in [0.29, 0.717) is 67.0 Å². The van der Waals surface area contributed by atoms with Crippen LogP contribution in [0.4, 0.5) is 15.8 Å². The molecule has 2 saturated heterocycles. The van der Waals surface area contributed by atoms with Crippen molar-refractivity contribution < 1.29 is 18.7 Å². The topological polar surface area (TPSA) is 128 Å². The van der Waals surface area contributed by atoms with Crippen LogP contribution >= 0.6 is 0 Å². The molecule has 0 aliphatic carbocycles. The number of nitrogen functional groups attached to an aromatic ring is 1. The maximum Gasteiger partial charge on any atom is 0.246 e. The van der Waals surface area contributed by atoms with Crippen molar-refractivity contribution in [3.8, 4) is 17.1 Å². The van der Waals surface area contributed by atoms with Crippen molar-refractivity contribution in [2.75, 3.05) is 57.7 Å². The Morgan fingerprint density at radius 3 is 2.63 bits per heavy atom. The molecule has 0 radical (unpaired) electrons. The third-order valence-corrected chi connectivity index (χ3v) is 9.42. The molecule has 46 heavy (non-hydrogen) atoms. The fraction of sp³-hybridized carbons (Fsp3) is 0.441. The lowest BCUT2D eigenvalue weighted by molar-refractivity contribution is -0.127. The predicted octanol–water partition coefficient (Wildman–Crippen LogP) is 4.16. The Bertz CT molecular complexity index is 1780. The van der Waals surface area contributed by atoms with E-state index in [1.807, 2.05) is 44.3 Å². The molecule has 12 heteroatoms. The number of nitrogens with two attached hydrogens (primary N) is 2. The van der Waals surface area contributed by atoms with Gasteiger partial charge in [0.2, 0.25) is 11.8 Å². The highest BCUT2D eigenvalue weighted by atomic mass is 19.1. The molecule has 244 valence electrons. The second-order valence-corrected chi connectivity index (χ2v) is 12.4. The number of ether oxygens (including phenoxy) is 2. The number of amides is 1. The fourth-order valence-corrected chi connectivity index (χ4v) is 6.80. The van der Waals surface area contributed by atoms with E-state index in [4.69, 9.17) is 31.1 Å². The number of nitrogens with zero attached hydrogens (tertiary/aromatic N) is 6. The zero-order chi connectivity index (χ0) is 32.5. The van der Waals surface area contributed by atoms with Crippen LogP contribution in [0.5, 0.6) is 5.88 Å². The van der Waals surface area contributed by atoms with Crippen LogP contribution in [0.25, 0.3) is 33.1 Å². The summed E-state index contributed by atoms with van der Waals surface area (Å²) in [7, 11) is 5.51. The second kappa shape index (κ2) is 13.2. The minimum atomic E-state index is -0.500. The summed E-state index contributed by atoms with van der Waals surface area (Å²) in [6.07, 6.45) is 6.57. The molecule has 2 aromatic carbocycles. The zero-order valence-electron chi connectivity index (χ0n) is 27.0. The van der Waals surface area contributed by atoms with Gasteiger partial charge in [-0.3, -0.25) is 9.48 Å². The molecule has 1 amide bonds. The number of fused-ring (bicyclic) bond motifs is 2. The van der Waals surface area contributed by atoms with Crippen LogP contribution in [-0.2, 0) is 16.6 Å². The highest BCUT2D eigenvalue weighted by molar-refractivity contribution is 6.04. The Hall–Kier alpha value is -4.26. The van der Waals surface area contributed by atoms with Crippen molar-refractivity contribution in [3.05, 3.63) is 53.9 Å². The third kappa shape index (κ3) is 5.88. The number of para-hydroxylation sites is 1. The number of rotatable bonds is 9. The molecule has 2 aliphatic heterocycles. The number of likely N-dealkylation sites (N-methyl/N-ethyl adjacent to an activating group) is 1. The number of likely N-dealkylation sites (tertiary alicyclic amines) is 2. The first-order valence-electron chi connectivity index (χ1n) is 15.8. The van der Waals surface area contributed by atoms with Gasteiger partial charge in [-0.2, -0.15) is 5.10 Å². The van der Waals surface area contributed by atoms with Crippen LogP contribution < -0.4 is 21.3 Å². The summed E-state index contributed by atoms with van der Waals surface area (Å²) in [4.78, 5) is 21.4. The average molecular weight is 631 g/mol. The van der Waals surface area contributed by atoms with Gasteiger partial charge in [-0.25, -0.2) is 15.2 Å². The summed E-state index contributed by atoms with van der Waals surface area (Å²) in [6.45, 7) is 4.67. The number of hydrogen-bond acceptors (Lipinski definition) is 9. The van der Waals surface area contributed by atoms with Crippen molar-refractivity contribution in [2.45, 2.75) is 44.7 Å². The van der Waals surface area contributed by atoms with E-state index in [1.165, 1.54) is 6.08 Å². The molecule has 0 spiro atoms. The quantitative estimate of drug-likeness (QED) is 0.159. The monoisotopic (exact) mass is 630 g/mol. The van der Waals surface area contributed by atoms with E-state index in [1.54, 1.807) is 27.8 Å². The minimum Gasteiger partial charge on any atom is -0.474 e. The lowest BCUT2D eigenvalue weighted by atomic mass is 9.97. The van der Waals surface area contributed by atoms with Gasteiger partial charge in [0.15, 0.2) is 5.82 Å². The van der Waals surface area contributed by atoms with Crippen molar-refractivity contribution >= 4 is 39.1 Å². The molecule has 2 fully saturated rings. The number of anilines is 2. The Labute approximate surface area is 268 Å². The predicted molar refractivity (Wildman–Crippen MR) is 179 cm³/mol. The molecule has 4 heterocycles. The number of methoxy groups -OCH3 is 1. The average Bonchev–Trinajstić information content (AvgIpc) is 3.62. The fourth-order valence-electron chi connectivity index (χ4n) is 6.80. The zero-order valence-corrected chi connectivity index (χ0v) is 27.0. The molecular weight excluding hydrogens is 587 g/mol. The van der Waals surface area contributed by atoms with E-state index in [0.717, 1.165) is 30.3 Å². The molecule has 2 aromatic heterocycles. The van der Waals surface area contributed by atoms with Crippen LogP contribution in [0.1, 0.15) is 31.2 Å². The third-order valence-electron chi connectivity index (χ3n) is 9.42. The largest absolute Gasteiger partial charge is 0.474 e. The Kier molecular flexibility index (Phi) is 9.12. The summed E-state index contributed by atoms with van der Waals surface area (Å²) in [5, 5.41) is 7.69. The van der Waals surface area contributed by atoms with Crippen molar-refractivity contribution in [2.24, 2.45) is 12.9 Å². The van der Waals surface area contributed by atoms with Crippen molar-refractivity contribution in [1.29, 1.82) is 0 Å². The minimum absolute atomic E-state index is 0.0622. The molecule has 4 aromatic rings. The molecule has 1 atom stereocenters. The van der Waals surface area contributed by atoms with Gasteiger partial charge in [0.25, 0.3) is 0 Å². The number of carbonyl (C=O) groups excluding carboxylic acids is 1. The highest BCUT2D eigenvalue weighted by Crippen LogP contribution is 2.43. The molecule has 2 aliphatic rings. The molecule has 4 N–H and O–H groups in total. The van der Waals surface area contributed by atoms with Gasteiger partial charge in [0.05, 0.1) is 17.8 Å². The summed E-state index contributed by atoms with van der Waals surface area (Å²) < 4.78 is 29.9. The summed E-state index contributed by atoms with van der Waals surface area (Å²) >= 11 is 0. The van der Waals surface area contributed by atoms with Crippen molar-refractivity contribution in [3.63, 3.8) is 0 Å². The SMILES string of the molecule is COC/C=C/C(=O)N1CCC(N(N)c2c(N)c(OCC3CCCN3C)nc3c(F)c(-c4nn(C)c5ccccc45)c(C)cc23)CC1. The number of benzene rings is 2. The number of carbonyl (C=O) groups is 1. The number of aromatic nitrogens is 3. The van der Waals surface area contributed by atoms with Crippen LogP contribution in [-0.4, -0.2) is 89.6 Å². The summed E-state index contributed by atoms with van der Waals surface area (Å²) in [5.41, 5.74) is 10.2. The van der Waals surface area contributed by atoms with E-state index in [-0.39, 0.29) is 35.1 Å². The maximum absolute atomic E-state index is 16.9. The summed E-state index contributed by atoms with van der Waals surface area (Å²) in [6, 6.07) is 9.73. The van der Waals surface area contributed by atoms with Crippen LogP contribution in [0.3, 0.4) is 0 Å². The molecule has 11 nitrogen and oxygen atoms in total. The lowest BCUT2D eigenvalue weighted by Crippen LogP contribution is -2.49. The van der Waals surface area contributed by atoms with Crippen LogP contribution in [0.15, 0.2) is 42.5 Å². The number of aryl methyl sites for hydroxylation is 2. The first kappa shape index (κ1) is 31.7. The maximum atomic E-state index is 16.9. The Morgan fingerprint density at radius 2 is 1.91 bits per heavy atom. The number of piperidine rings is 1. The first-order valence-corrected chi connectivity index (χ1v) is 15.8. The van der Waals surface area contributed by atoms with Crippen molar-refractivity contribution in [1.82, 2.24) is 24.6 Å².